The van der Waals surface area contributed by atoms with E-state index in [9.17, 15) is 9.59 Å². The quantitative estimate of drug-likeness (QED) is 0.922. The Kier molecular flexibility index (Phi) is 4.85. The van der Waals surface area contributed by atoms with Gasteiger partial charge in [0.15, 0.2) is 5.60 Å². The molecule has 1 aliphatic rings. The highest BCUT2D eigenvalue weighted by atomic mass is 35.5. The molecule has 1 heterocycles. The summed E-state index contributed by atoms with van der Waals surface area (Å²) in [6, 6.07) is 7.30. The first kappa shape index (κ1) is 15.8. The van der Waals surface area contributed by atoms with Crippen molar-refractivity contribution in [3.63, 3.8) is 0 Å². The SMILES string of the molecule is CC(=O)N1CCO[C@@](C)(C(=O)NCc2cccc(Cl)c2)C1. The Morgan fingerprint density at radius 1 is 1.48 bits per heavy atom. The van der Waals surface area contributed by atoms with Gasteiger partial charge in [0.2, 0.25) is 5.91 Å². The van der Waals surface area contributed by atoms with Crippen LogP contribution in [0.15, 0.2) is 24.3 Å². The predicted molar refractivity (Wildman–Crippen MR) is 79.9 cm³/mol. The van der Waals surface area contributed by atoms with Crippen molar-refractivity contribution in [2.45, 2.75) is 26.0 Å². The van der Waals surface area contributed by atoms with Gasteiger partial charge in [-0.3, -0.25) is 9.59 Å². The number of carbonyl (C=O) groups is 2. The van der Waals surface area contributed by atoms with Crippen LogP contribution in [0.3, 0.4) is 0 Å². The maximum Gasteiger partial charge on any atom is 0.254 e. The lowest BCUT2D eigenvalue weighted by Crippen LogP contribution is -2.58. The van der Waals surface area contributed by atoms with Crippen molar-refractivity contribution < 1.29 is 14.3 Å². The summed E-state index contributed by atoms with van der Waals surface area (Å²) in [6.45, 7) is 4.72. The van der Waals surface area contributed by atoms with E-state index >= 15 is 0 Å². The minimum Gasteiger partial charge on any atom is -0.362 e. The molecule has 5 nitrogen and oxygen atoms in total. The van der Waals surface area contributed by atoms with Crippen molar-refractivity contribution in [2.75, 3.05) is 19.7 Å². The number of halogens is 1. The van der Waals surface area contributed by atoms with Gasteiger partial charge in [0.05, 0.1) is 13.2 Å². The second-order valence-electron chi connectivity index (χ2n) is 5.33. The van der Waals surface area contributed by atoms with Crippen molar-refractivity contribution in [2.24, 2.45) is 0 Å². The number of hydrogen-bond donors (Lipinski definition) is 1. The van der Waals surface area contributed by atoms with Gasteiger partial charge in [-0.25, -0.2) is 0 Å². The van der Waals surface area contributed by atoms with Gasteiger partial charge in [0.25, 0.3) is 5.91 Å². The number of carbonyl (C=O) groups excluding carboxylic acids is 2. The first-order valence-corrected chi connectivity index (χ1v) is 7.21. The second-order valence-corrected chi connectivity index (χ2v) is 5.77. The molecular formula is C15H19ClN2O3. The average Bonchev–Trinajstić information content (AvgIpc) is 2.44. The Balaban J connectivity index is 1.97. The van der Waals surface area contributed by atoms with Crippen molar-refractivity contribution in [1.82, 2.24) is 10.2 Å². The molecule has 0 spiro atoms. The Morgan fingerprint density at radius 3 is 2.90 bits per heavy atom. The zero-order chi connectivity index (χ0) is 15.5. The van der Waals surface area contributed by atoms with Crippen LogP contribution in [0, 0.1) is 0 Å². The van der Waals surface area contributed by atoms with Crippen LogP contribution in [-0.2, 0) is 20.9 Å². The largest absolute Gasteiger partial charge is 0.362 e. The normalized spacial score (nSPS) is 22.0. The van der Waals surface area contributed by atoms with E-state index in [1.807, 2.05) is 12.1 Å². The molecule has 0 aromatic heterocycles. The minimum absolute atomic E-state index is 0.0489. The van der Waals surface area contributed by atoms with E-state index in [1.54, 1.807) is 24.0 Å². The lowest BCUT2D eigenvalue weighted by molar-refractivity contribution is -0.162. The van der Waals surface area contributed by atoms with Gasteiger partial charge in [-0.2, -0.15) is 0 Å². The Morgan fingerprint density at radius 2 is 2.24 bits per heavy atom. The smallest absolute Gasteiger partial charge is 0.254 e. The van der Waals surface area contributed by atoms with E-state index < -0.39 is 5.60 Å². The number of rotatable bonds is 3. The number of morpholine rings is 1. The zero-order valence-corrected chi connectivity index (χ0v) is 12.9. The lowest BCUT2D eigenvalue weighted by Gasteiger charge is -2.38. The van der Waals surface area contributed by atoms with E-state index in [1.165, 1.54) is 6.92 Å². The highest BCUT2D eigenvalue weighted by Gasteiger charge is 2.39. The van der Waals surface area contributed by atoms with Gasteiger partial charge in [-0.15, -0.1) is 0 Å². The number of nitrogens with zero attached hydrogens (tertiary/aromatic N) is 1. The Hall–Kier alpha value is -1.59. The van der Waals surface area contributed by atoms with Crippen molar-refractivity contribution in [3.8, 4) is 0 Å². The van der Waals surface area contributed by atoms with Gasteiger partial charge < -0.3 is 15.0 Å². The molecule has 2 rings (SSSR count). The number of nitrogens with one attached hydrogen (secondary N) is 1. The van der Waals surface area contributed by atoms with Crippen LogP contribution in [-0.4, -0.2) is 42.0 Å². The molecule has 0 unspecified atom stereocenters. The molecule has 0 saturated carbocycles. The fourth-order valence-corrected chi connectivity index (χ4v) is 2.51. The molecule has 114 valence electrons. The van der Waals surface area contributed by atoms with Crippen LogP contribution in [0.4, 0.5) is 0 Å². The fourth-order valence-electron chi connectivity index (χ4n) is 2.29. The first-order chi connectivity index (χ1) is 9.90. The molecule has 2 amide bonds. The average molecular weight is 311 g/mol. The number of hydrogen-bond acceptors (Lipinski definition) is 3. The summed E-state index contributed by atoms with van der Waals surface area (Å²) < 4.78 is 5.59. The third kappa shape index (κ3) is 3.95. The maximum atomic E-state index is 12.3. The summed E-state index contributed by atoms with van der Waals surface area (Å²) in [4.78, 5) is 25.4. The zero-order valence-electron chi connectivity index (χ0n) is 12.2. The summed E-state index contributed by atoms with van der Waals surface area (Å²) in [7, 11) is 0. The van der Waals surface area contributed by atoms with Crippen LogP contribution < -0.4 is 5.32 Å². The number of amides is 2. The van der Waals surface area contributed by atoms with Crippen LogP contribution in [0.5, 0.6) is 0 Å². The van der Waals surface area contributed by atoms with Crippen LogP contribution >= 0.6 is 11.6 Å². The summed E-state index contributed by atoms with van der Waals surface area (Å²) in [6.07, 6.45) is 0. The molecule has 1 fully saturated rings. The van der Waals surface area contributed by atoms with Crippen LogP contribution in [0.1, 0.15) is 19.4 Å². The molecule has 0 bridgehead atoms. The summed E-state index contributed by atoms with van der Waals surface area (Å²) >= 11 is 5.91. The third-order valence-corrected chi connectivity index (χ3v) is 3.78. The lowest BCUT2D eigenvalue weighted by atomic mass is 10.0. The number of ether oxygens (including phenoxy) is 1. The van der Waals surface area contributed by atoms with Crippen molar-refractivity contribution in [3.05, 3.63) is 34.9 Å². The topological polar surface area (TPSA) is 58.6 Å². The summed E-state index contributed by atoms with van der Waals surface area (Å²) in [5.41, 5.74) is -0.0960. The molecule has 1 aromatic rings. The van der Waals surface area contributed by atoms with Crippen molar-refractivity contribution >= 4 is 23.4 Å². The highest BCUT2D eigenvalue weighted by Crippen LogP contribution is 2.18. The molecule has 0 radical (unpaired) electrons. The van der Waals surface area contributed by atoms with E-state index in [4.69, 9.17) is 16.3 Å². The Labute approximate surface area is 129 Å². The summed E-state index contributed by atoms with van der Waals surface area (Å²) in [5.74, 6) is -0.277. The fraction of sp³-hybridized carbons (Fsp3) is 0.467. The molecule has 1 aliphatic heterocycles. The van der Waals surface area contributed by atoms with E-state index in [2.05, 4.69) is 5.32 Å². The molecule has 21 heavy (non-hydrogen) atoms. The van der Waals surface area contributed by atoms with Crippen molar-refractivity contribution in [1.29, 1.82) is 0 Å². The Bertz CT molecular complexity index is 549. The molecule has 6 heteroatoms. The van der Waals surface area contributed by atoms with E-state index in [0.29, 0.717) is 24.7 Å². The maximum absolute atomic E-state index is 12.3. The third-order valence-electron chi connectivity index (χ3n) is 3.54. The second kappa shape index (κ2) is 6.45. The van der Waals surface area contributed by atoms with E-state index in [-0.39, 0.29) is 18.4 Å². The summed E-state index contributed by atoms with van der Waals surface area (Å²) in [5, 5.41) is 3.46. The van der Waals surface area contributed by atoms with Gasteiger partial charge >= 0.3 is 0 Å². The molecule has 1 atom stereocenters. The van der Waals surface area contributed by atoms with Crippen LogP contribution in [0.25, 0.3) is 0 Å². The van der Waals surface area contributed by atoms with E-state index in [0.717, 1.165) is 5.56 Å². The molecule has 1 aromatic carbocycles. The number of benzene rings is 1. The molecule has 1 saturated heterocycles. The molecule has 1 N–H and O–H groups in total. The van der Waals surface area contributed by atoms with Gasteiger partial charge in [-0.05, 0) is 24.6 Å². The molecular weight excluding hydrogens is 292 g/mol. The first-order valence-electron chi connectivity index (χ1n) is 6.83. The van der Waals surface area contributed by atoms with Gasteiger partial charge in [0, 0.05) is 25.0 Å². The molecule has 0 aliphatic carbocycles. The minimum atomic E-state index is -1.01. The van der Waals surface area contributed by atoms with Gasteiger partial charge in [0.1, 0.15) is 0 Å². The van der Waals surface area contributed by atoms with Gasteiger partial charge in [-0.1, -0.05) is 23.7 Å². The monoisotopic (exact) mass is 310 g/mol. The highest BCUT2D eigenvalue weighted by molar-refractivity contribution is 6.30. The predicted octanol–water partition coefficient (Wildman–Crippen LogP) is 1.59. The van der Waals surface area contributed by atoms with Crippen LogP contribution in [0.2, 0.25) is 5.02 Å². The standard InChI is InChI=1S/C15H19ClN2O3/c1-11(19)18-6-7-21-15(2,10-18)14(20)17-9-12-4-3-5-13(16)8-12/h3-5,8H,6-7,9-10H2,1-2H3,(H,17,20)/t15-/m1/s1.